The van der Waals surface area contributed by atoms with E-state index in [1.54, 1.807) is 6.26 Å². The van der Waals surface area contributed by atoms with Gasteiger partial charge in [-0.25, -0.2) is 0 Å². The van der Waals surface area contributed by atoms with Gasteiger partial charge in [0.2, 0.25) is 5.91 Å². The quantitative estimate of drug-likeness (QED) is 0.859. The SMILES string of the molecule is CC[C@@H]1c2ccsc2CCN1C(=O)[C@H]1C[C@@H]1c1ccco1. The number of thiophene rings is 1. The normalized spacial score (nSPS) is 27.5. The van der Waals surface area contributed by atoms with E-state index in [0.717, 1.165) is 31.6 Å². The van der Waals surface area contributed by atoms with Gasteiger partial charge in [-0.05, 0) is 48.4 Å². The number of nitrogens with zero attached hydrogens (tertiary/aromatic N) is 1. The monoisotopic (exact) mass is 301 g/mol. The van der Waals surface area contributed by atoms with E-state index in [2.05, 4.69) is 23.3 Å². The van der Waals surface area contributed by atoms with Crippen molar-refractivity contribution in [3.05, 3.63) is 46.0 Å². The molecule has 2 aromatic heterocycles. The van der Waals surface area contributed by atoms with Crippen molar-refractivity contribution in [2.75, 3.05) is 6.54 Å². The van der Waals surface area contributed by atoms with Gasteiger partial charge in [0.1, 0.15) is 5.76 Å². The van der Waals surface area contributed by atoms with Gasteiger partial charge in [0.05, 0.1) is 12.3 Å². The maximum atomic E-state index is 12.9. The van der Waals surface area contributed by atoms with Gasteiger partial charge < -0.3 is 9.32 Å². The summed E-state index contributed by atoms with van der Waals surface area (Å²) in [6, 6.07) is 6.36. The molecule has 0 unspecified atom stereocenters. The van der Waals surface area contributed by atoms with E-state index in [4.69, 9.17) is 4.42 Å². The van der Waals surface area contributed by atoms with Crippen LogP contribution in [0.3, 0.4) is 0 Å². The molecule has 21 heavy (non-hydrogen) atoms. The molecule has 0 saturated heterocycles. The third-order valence-electron chi connectivity index (χ3n) is 4.78. The Hall–Kier alpha value is -1.55. The fourth-order valence-electron chi connectivity index (χ4n) is 3.60. The Morgan fingerprint density at radius 1 is 1.48 bits per heavy atom. The van der Waals surface area contributed by atoms with Crippen LogP contribution in [-0.4, -0.2) is 17.4 Å². The maximum absolute atomic E-state index is 12.9. The topological polar surface area (TPSA) is 33.5 Å². The largest absolute Gasteiger partial charge is 0.469 e. The van der Waals surface area contributed by atoms with Crippen LogP contribution in [0.25, 0.3) is 0 Å². The molecule has 4 heteroatoms. The molecule has 0 N–H and O–H groups in total. The molecule has 3 heterocycles. The summed E-state index contributed by atoms with van der Waals surface area (Å²) < 4.78 is 5.45. The van der Waals surface area contributed by atoms with Gasteiger partial charge in [-0.15, -0.1) is 11.3 Å². The van der Waals surface area contributed by atoms with Crippen LogP contribution in [0.4, 0.5) is 0 Å². The average Bonchev–Trinajstić information content (AvgIpc) is 2.94. The van der Waals surface area contributed by atoms with Gasteiger partial charge in [-0.2, -0.15) is 0 Å². The summed E-state index contributed by atoms with van der Waals surface area (Å²) >= 11 is 1.83. The summed E-state index contributed by atoms with van der Waals surface area (Å²) in [6.07, 6.45) is 4.64. The molecule has 0 spiro atoms. The van der Waals surface area contributed by atoms with Crippen molar-refractivity contribution in [1.82, 2.24) is 4.90 Å². The lowest BCUT2D eigenvalue weighted by Crippen LogP contribution is -2.40. The third-order valence-corrected chi connectivity index (χ3v) is 5.78. The molecule has 0 radical (unpaired) electrons. The maximum Gasteiger partial charge on any atom is 0.226 e. The Bertz CT molecular complexity index is 646. The molecule has 4 rings (SSSR count). The summed E-state index contributed by atoms with van der Waals surface area (Å²) in [5, 5.41) is 2.16. The van der Waals surface area contributed by atoms with Gasteiger partial charge in [-0.1, -0.05) is 6.92 Å². The van der Waals surface area contributed by atoms with E-state index in [-0.39, 0.29) is 12.0 Å². The zero-order chi connectivity index (χ0) is 14.4. The van der Waals surface area contributed by atoms with Crippen LogP contribution >= 0.6 is 11.3 Å². The first kappa shape index (κ1) is 13.1. The Kier molecular flexibility index (Phi) is 3.14. The predicted octanol–water partition coefficient (Wildman–Crippen LogP) is 3.98. The Labute approximate surface area is 128 Å². The lowest BCUT2D eigenvalue weighted by atomic mass is 9.97. The van der Waals surface area contributed by atoms with Gasteiger partial charge in [0, 0.05) is 23.3 Å². The standard InChI is InChI=1S/C17H19NO2S/c1-2-14-11-6-9-21-16(11)5-7-18(14)17(19)13-10-12(13)15-4-3-8-20-15/h3-4,6,8-9,12-14H,2,5,7,10H2,1H3/t12-,13-,14+/m0/s1. The van der Waals surface area contributed by atoms with E-state index in [1.165, 1.54) is 10.4 Å². The predicted molar refractivity (Wildman–Crippen MR) is 82.3 cm³/mol. The van der Waals surface area contributed by atoms with E-state index < -0.39 is 0 Å². The van der Waals surface area contributed by atoms with Crippen LogP contribution in [0.2, 0.25) is 0 Å². The summed E-state index contributed by atoms with van der Waals surface area (Å²) in [4.78, 5) is 16.4. The smallest absolute Gasteiger partial charge is 0.226 e. The molecule has 2 aliphatic rings. The fourth-order valence-corrected chi connectivity index (χ4v) is 4.53. The first-order valence-corrected chi connectivity index (χ1v) is 8.57. The summed E-state index contributed by atoms with van der Waals surface area (Å²) in [5.41, 5.74) is 1.37. The first-order valence-electron chi connectivity index (χ1n) is 7.69. The number of rotatable bonds is 3. The van der Waals surface area contributed by atoms with Gasteiger partial charge >= 0.3 is 0 Å². The number of fused-ring (bicyclic) bond motifs is 1. The molecule has 1 fully saturated rings. The van der Waals surface area contributed by atoms with Crippen LogP contribution < -0.4 is 0 Å². The zero-order valence-corrected chi connectivity index (χ0v) is 12.9. The highest BCUT2D eigenvalue weighted by Crippen LogP contribution is 2.50. The average molecular weight is 301 g/mol. The van der Waals surface area contributed by atoms with Crippen molar-refractivity contribution in [2.24, 2.45) is 5.92 Å². The van der Waals surface area contributed by atoms with Crippen molar-refractivity contribution in [1.29, 1.82) is 0 Å². The lowest BCUT2D eigenvalue weighted by Gasteiger charge is -2.35. The molecular weight excluding hydrogens is 282 g/mol. The molecule has 3 atom stereocenters. The number of hydrogen-bond donors (Lipinski definition) is 0. The molecular formula is C17H19NO2S. The summed E-state index contributed by atoms with van der Waals surface area (Å²) in [6.45, 7) is 3.04. The van der Waals surface area contributed by atoms with Crippen LogP contribution in [0.5, 0.6) is 0 Å². The van der Waals surface area contributed by atoms with Crippen LogP contribution in [0.15, 0.2) is 34.3 Å². The number of amides is 1. The molecule has 1 amide bonds. The first-order chi connectivity index (χ1) is 10.3. The van der Waals surface area contributed by atoms with Crippen LogP contribution in [-0.2, 0) is 11.2 Å². The number of carbonyl (C=O) groups is 1. The van der Waals surface area contributed by atoms with Crippen molar-refractivity contribution < 1.29 is 9.21 Å². The molecule has 110 valence electrons. The Morgan fingerprint density at radius 3 is 3.14 bits per heavy atom. The molecule has 0 aromatic carbocycles. The molecule has 2 aromatic rings. The summed E-state index contributed by atoms with van der Waals surface area (Å²) in [7, 11) is 0. The molecule has 0 bridgehead atoms. The van der Waals surface area contributed by atoms with E-state index in [9.17, 15) is 4.79 Å². The van der Waals surface area contributed by atoms with Gasteiger partial charge in [0.25, 0.3) is 0 Å². The van der Waals surface area contributed by atoms with Crippen molar-refractivity contribution in [3.8, 4) is 0 Å². The second-order valence-electron chi connectivity index (χ2n) is 5.97. The molecule has 3 nitrogen and oxygen atoms in total. The van der Waals surface area contributed by atoms with E-state index in [0.29, 0.717) is 11.8 Å². The highest BCUT2D eigenvalue weighted by molar-refractivity contribution is 7.10. The number of carbonyl (C=O) groups excluding carboxylic acids is 1. The number of furan rings is 1. The lowest BCUT2D eigenvalue weighted by molar-refractivity contribution is -0.135. The molecule has 1 saturated carbocycles. The van der Waals surface area contributed by atoms with Crippen LogP contribution in [0, 0.1) is 5.92 Å². The van der Waals surface area contributed by atoms with Crippen molar-refractivity contribution in [2.45, 2.75) is 38.1 Å². The van der Waals surface area contributed by atoms with E-state index >= 15 is 0 Å². The Balaban J connectivity index is 1.53. The highest BCUT2D eigenvalue weighted by atomic mass is 32.1. The van der Waals surface area contributed by atoms with Crippen LogP contribution in [0.1, 0.15) is 47.9 Å². The minimum absolute atomic E-state index is 0.130. The summed E-state index contributed by atoms with van der Waals surface area (Å²) in [5.74, 6) is 1.72. The van der Waals surface area contributed by atoms with Crippen molar-refractivity contribution >= 4 is 17.2 Å². The van der Waals surface area contributed by atoms with Gasteiger partial charge in [0.15, 0.2) is 0 Å². The molecule has 1 aliphatic carbocycles. The zero-order valence-electron chi connectivity index (χ0n) is 12.1. The highest BCUT2D eigenvalue weighted by Gasteiger charge is 2.49. The minimum Gasteiger partial charge on any atom is -0.469 e. The fraction of sp³-hybridized carbons (Fsp3) is 0.471. The van der Waals surface area contributed by atoms with E-state index in [1.807, 2.05) is 23.5 Å². The third kappa shape index (κ3) is 2.13. The van der Waals surface area contributed by atoms with Crippen molar-refractivity contribution in [3.63, 3.8) is 0 Å². The Morgan fingerprint density at radius 2 is 2.38 bits per heavy atom. The number of hydrogen-bond acceptors (Lipinski definition) is 3. The van der Waals surface area contributed by atoms with Gasteiger partial charge in [-0.3, -0.25) is 4.79 Å². The second-order valence-corrected chi connectivity index (χ2v) is 6.97. The minimum atomic E-state index is 0.130. The molecule has 1 aliphatic heterocycles. The second kappa shape index (κ2) is 5.02.